The Morgan fingerprint density at radius 3 is 2.55 bits per heavy atom. The number of benzene rings is 2. The van der Waals surface area contributed by atoms with E-state index in [1.54, 1.807) is 6.07 Å². The van der Waals surface area contributed by atoms with Crippen LogP contribution in [0.3, 0.4) is 0 Å². The maximum Gasteiger partial charge on any atom is 0.338 e. The van der Waals surface area contributed by atoms with Crippen molar-refractivity contribution in [2.45, 2.75) is 0 Å². The lowest BCUT2D eigenvalue weighted by atomic mass is 10.0. The van der Waals surface area contributed by atoms with Crippen LogP contribution in [0.2, 0.25) is 0 Å². The molecule has 1 heterocycles. The molecule has 0 saturated heterocycles. The van der Waals surface area contributed by atoms with Gasteiger partial charge in [0.25, 0.3) is 0 Å². The van der Waals surface area contributed by atoms with Gasteiger partial charge in [-0.05, 0) is 52.9 Å². The largest absolute Gasteiger partial charge is 0.465 e. The Kier molecular flexibility index (Phi) is 4.44. The van der Waals surface area contributed by atoms with Gasteiger partial charge in [-0.25, -0.2) is 9.78 Å². The third-order valence-corrected chi connectivity index (χ3v) is 4.53. The minimum atomic E-state index is -0.360. The number of aromatic nitrogens is 1. The molecule has 1 aromatic heterocycles. The van der Waals surface area contributed by atoms with E-state index in [2.05, 4.69) is 43.5 Å². The van der Waals surface area contributed by atoms with Crippen molar-refractivity contribution in [3.05, 3.63) is 62.1 Å². The van der Waals surface area contributed by atoms with Crippen molar-refractivity contribution in [3.63, 3.8) is 0 Å². The van der Waals surface area contributed by atoms with E-state index >= 15 is 0 Å². The lowest BCUT2D eigenvalue weighted by molar-refractivity contribution is 0.0603. The molecule has 0 unspecified atom stereocenters. The molecule has 22 heavy (non-hydrogen) atoms. The molecule has 3 aromatic rings. The fourth-order valence-corrected chi connectivity index (χ4v) is 2.96. The van der Waals surface area contributed by atoms with E-state index in [0.29, 0.717) is 5.56 Å². The molecule has 0 amide bonds. The highest BCUT2D eigenvalue weighted by Gasteiger charge is 2.14. The number of pyridine rings is 1. The smallest absolute Gasteiger partial charge is 0.338 e. The Morgan fingerprint density at radius 1 is 1.14 bits per heavy atom. The molecule has 0 atom stereocenters. The zero-order valence-corrected chi connectivity index (χ0v) is 15.4. The summed E-state index contributed by atoms with van der Waals surface area (Å²) < 4.78 is 6.98. The van der Waals surface area contributed by atoms with Crippen LogP contribution < -0.4 is 0 Å². The van der Waals surface area contributed by atoms with Crippen molar-refractivity contribution < 1.29 is 9.53 Å². The normalized spacial score (nSPS) is 10.7. The second-order valence-corrected chi connectivity index (χ2v) is 6.88. The van der Waals surface area contributed by atoms with Gasteiger partial charge in [0.2, 0.25) is 0 Å². The van der Waals surface area contributed by atoms with E-state index in [4.69, 9.17) is 4.74 Å². The third kappa shape index (κ3) is 3.01. The number of methoxy groups -OCH3 is 1. The summed E-state index contributed by atoms with van der Waals surface area (Å²) in [7, 11) is 1.39. The quantitative estimate of drug-likeness (QED) is 0.391. The van der Waals surface area contributed by atoms with Crippen LogP contribution in [0.5, 0.6) is 0 Å². The van der Waals surface area contributed by atoms with E-state index in [-0.39, 0.29) is 5.97 Å². The second-order valence-electron chi connectivity index (χ2n) is 4.72. The first-order valence-electron chi connectivity index (χ1n) is 6.53. The van der Waals surface area contributed by atoms with Gasteiger partial charge >= 0.3 is 5.97 Å². The van der Waals surface area contributed by atoms with Gasteiger partial charge in [-0.1, -0.05) is 34.1 Å². The lowest BCUT2D eigenvalue weighted by Crippen LogP contribution is -2.04. The van der Waals surface area contributed by atoms with Crippen molar-refractivity contribution in [3.8, 4) is 11.3 Å². The molecule has 0 fully saturated rings. The number of halogens is 2. The van der Waals surface area contributed by atoms with Crippen molar-refractivity contribution in [1.82, 2.24) is 4.98 Å². The molecule has 5 heteroatoms. The number of carbonyl (C=O) groups excluding carboxylic acids is 1. The standard InChI is InChI=1S/C17H11BrINO2/c1-22-17(21)14-9-15(10-2-5-12(19)6-3-10)20-16-8-11(18)4-7-13(14)16/h2-9H,1H3. The molecule has 0 spiro atoms. The maximum absolute atomic E-state index is 12.1. The number of nitrogens with zero attached hydrogens (tertiary/aromatic N) is 1. The monoisotopic (exact) mass is 467 g/mol. The first-order valence-corrected chi connectivity index (χ1v) is 8.40. The van der Waals surface area contributed by atoms with Crippen LogP contribution in [-0.2, 0) is 4.74 Å². The summed E-state index contributed by atoms with van der Waals surface area (Å²) in [5, 5.41) is 0.782. The average molecular weight is 468 g/mol. The number of esters is 1. The fourth-order valence-electron chi connectivity index (χ4n) is 2.25. The van der Waals surface area contributed by atoms with Crippen LogP contribution in [0.1, 0.15) is 10.4 Å². The van der Waals surface area contributed by atoms with Gasteiger partial charge in [0.15, 0.2) is 0 Å². The molecule has 3 nitrogen and oxygen atoms in total. The van der Waals surface area contributed by atoms with Crippen LogP contribution in [0, 0.1) is 3.57 Å². The Labute approximate surface area is 150 Å². The summed E-state index contributed by atoms with van der Waals surface area (Å²) in [6.07, 6.45) is 0. The number of fused-ring (bicyclic) bond motifs is 1. The van der Waals surface area contributed by atoms with E-state index in [1.807, 2.05) is 42.5 Å². The number of rotatable bonds is 2. The summed E-state index contributed by atoms with van der Waals surface area (Å²) in [6, 6.07) is 15.5. The predicted octanol–water partition coefficient (Wildman–Crippen LogP) is 5.06. The molecule has 0 aliphatic heterocycles. The summed E-state index contributed by atoms with van der Waals surface area (Å²) >= 11 is 5.70. The predicted molar refractivity (Wildman–Crippen MR) is 98.9 cm³/mol. The molecule has 0 N–H and O–H groups in total. The minimum Gasteiger partial charge on any atom is -0.465 e. The van der Waals surface area contributed by atoms with E-state index in [1.165, 1.54) is 7.11 Å². The molecular formula is C17H11BrINO2. The first-order chi connectivity index (χ1) is 10.6. The number of hydrogen-bond donors (Lipinski definition) is 0. The van der Waals surface area contributed by atoms with Gasteiger partial charge in [0.05, 0.1) is 23.9 Å². The SMILES string of the molecule is COC(=O)c1cc(-c2ccc(I)cc2)nc2cc(Br)ccc12. The Bertz CT molecular complexity index is 862. The Hall–Kier alpha value is -1.47. The van der Waals surface area contributed by atoms with Crippen molar-refractivity contribution in [2.75, 3.05) is 7.11 Å². The van der Waals surface area contributed by atoms with Crippen molar-refractivity contribution in [1.29, 1.82) is 0 Å². The fraction of sp³-hybridized carbons (Fsp3) is 0.0588. The Balaban J connectivity index is 2.27. The van der Waals surface area contributed by atoms with Gasteiger partial charge in [0, 0.05) is 19.0 Å². The van der Waals surface area contributed by atoms with Crippen LogP contribution in [0.25, 0.3) is 22.2 Å². The van der Waals surface area contributed by atoms with Crippen molar-refractivity contribution in [2.24, 2.45) is 0 Å². The molecule has 110 valence electrons. The topological polar surface area (TPSA) is 39.2 Å². The molecular weight excluding hydrogens is 457 g/mol. The third-order valence-electron chi connectivity index (χ3n) is 3.32. The number of carbonyl (C=O) groups is 1. The molecule has 2 aromatic carbocycles. The van der Waals surface area contributed by atoms with Gasteiger partial charge in [-0.2, -0.15) is 0 Å². The van der Waals surface area contributed by atoms with Gasteiger partial charge in [-0.15, -0.1) is 0 Å². The zero-order chi connectivity index (χ0) is 15.7. The molecule has 0 aliphatic carbocycles. The Morgan fingerprint density at radius 2 is 1.86 bits per heavy atom. The average Bonchev–Trinajstić information content (AvgIpc) is 2.53. The van der Waals surface area contributed by atoms with Crippen LogP contribution in [0.4, 0.5) is 0 Å². The van der Waals surface area contributed by atoms with Crippen molar-refractivity contribution >= 4 is 55.4 Å². The number of hydrogen-bond acceptors (Lipinski definition) is 3. The molecule has 0 aliphatic rings. The first kappa shape index (κ1) is 15.4. The summed E-state index contributed by atoms with van der Waals surface area (Å²) in [6.45, 7) is 0. The highest BCUT2D eigenvalue weighted by molar-refractivity contribution is 14.1. The van der Waals surface area contributed by atoms with Gasteiger partial charge in [0.1, 0.15) is 0 Å². The van der Waals surface area contributed by atoms with Gasteiger partial charge in [-0.3, -0.25) is 0 Å². The van der Waals surface area contributed by atoms with Crippen LogP contribution >= 0.6 is 38.5 Å². The second kappa shape index (κ2) is 6.34. The molecule has 0 bridgehead atoms. The van der Waals surface area contributed by atoms with E-state index < -0.39 is 0 Å². The molecule has 0 saturated carbocycles. The van der Waals surface area contributed by atoms with Crippen LogP contribution in [0.15, 0.2) is 53.0 Å². The summed E-state index contributed by atoms with van der Waals surface area (Å²) in [4.78, 5) is 16.8. The molecule has 0 radical (unpaired) electrons. The van der Waals surface area contributed by atoms with E-state index in [0.717, 1.165) is 30.2 Å². The van der Waals surface area contributed by atoms with E-state index in [9.17, 15) is 4.79 Å². The van der Waals surface area contributed by atoms with Gasteiger partial charge < -0.3 is 4.74 Å². The van der Waals surface area contributed by atoms with Crippen LogP contribution in [-0.4, -0.2) is 18.1 Å². The maximum atomic E-state index is 12.1. The lowest BCUT2D eigenvalue weighted by Gasteiger charge is -2.09. The number of ether oxygens (including phenoxy) is 1. The minimum absolute atomic E-state index is 0.360. The summed E-state index contributed by atoms with van der Waals surface area (Å²) in [5.41, 5.74) is 2.99. The highest BCUT2D eigenvalue weighted by Crippen LogP contribution is 2.27. The zero-order valence-electron chi connectivity index (χ0n) is 11.6. The summed E-state index contributed by atoms with van der Waals surface area (Å²) in [5.74, 6) is -0.360. The highest BCUT2D eigenvalue weighted by atomic mass is 127. The molecule has 3 rings (SSSR count).